The molecule has 0 aromatic heterocycles. The molecule has 0 radical (unpaired) electrons. The molecular formula is C55H95N3O30. The maximum atomic E-state index is 11.7. The lowest BCUT2D eigenvalue weighted by Gasteiger charge is -2.42. The largest absolute Gasteiger partial charge is 0.487 e. The van der Waals surface area contributed by atoms with Gasteiger partial charge in [-0.15, -0.1) is 0 Å². The minimum absolute atomic E-state index is 0.0246. The normalized spacial score (nSPS) is 27.2. The van der Waals surface area contributed by atoms with Gasteiger partial charge in [-0.25, -0.2) is 0 Å². The molecule has 3 aliphatic heterocycles. The van der Waals surface area contributed by atoms with Gasteiger partial charge in [0.1, 0.15) is 92.9 Å². The van der Waals surface area contributed by atoms with Crippen molar-refractivity contribution in [3.8, 4) is 17.2 Å². The maximum Gasteiger partial charge on any atom is 0.217 e. The van der Waals surface area contributed by atoms with Gasteiger partial charge in [0.2, 0.25) is 23.5 Å². The highest BCUT2D eigenvalue weighted by Gasteiger charge is 2.48. The Balaban J connectivity index is 1.12. The zero-order chi connectivity index (χ0) is 64.1. The highest BCUT2D eigenvalue weighted by atomic mass is 16.7. The minimum Gasteiger partial charge on any atom is -0.487 e. The first-order valence-corrected chi connectivity index (χ1v) is 29.3. The van der Waals surface area contributed by atoms with Crippen LogP contribution in [0.2, 0.25) is 0 Å². The molecule has 3 saturated heterocycles. The van der Waals surface area contributed by atoms with E-state index >= 15 is 0 Å². The summed E-state index contributed by atoms with van der Waals surface area (Å²) in [7, 11) is 0. The summed E-state index contributed by atoms with van der Waals surface area (Å²) in [5, 5.41) is 97.8. The number of aliphatic hydroxyl groups excluding tert-OH is 9. The Hall–Kier alpha value is -3.93. The third-order valence-corrected chi connectivity index (χ3v) is 13.1. The molecule has 0 bridgehead atoms. The van der Waals surface area contributed by atoms with Crippen molar-refractivity contribution in [2.75, 3.05) is 178 Å². The van der Waals surface area contributed by atoms with Crippen molar-refractivity contribution in [1.82, 2.24) is 16.0 Å². The summed E-state index contributed by atoms with van der Waals surface area (Å²) >= 11 is 0. The molecule has 4 rings (SSSR count). The number of carbonyl (C=O) groups excluding carboxylic acids is 3. The fourth-order valence-corrected chi connectivity index (χ4v) is 8.82. The lowest BCUT2D eigenvalue weighted by Crippen LogP contribution is -2.64. The van der Waals surface area contributed by atoms with Crippen molar-refractivity contribution in [2.45, 2.75) is 120 Å². The smallest absolute Gasteiger partial charge is 0.217 e. The van der Waals surface area contributed by atoms with E-state index < -0.39 is 129 Å². The summed E-state index contributed by atoms with van der Waals surface area (Å²) in [6.45, 7) is 8.49. The second-order valence-electron chi connectivity index (χ2n) is 20.1. The van der Waals surface area contributed by atoms with Gasteiger partial charge < -0.3 is 147 Å². The number of hydrogen-bond donors (Lipinski definition) is 12. The fraction of sp³-hybridized carbons (Fsp3) is 0.836. The molecule has 3 heterocycles. The number of aryl methyl sites for hydroxylation is 1. The van der Waals surface area contributed by atoms with E-state index in [0.717, 1.165) is 5.56 Å². The van der Waals surface area contributed by atoms with Crippen molar-refractivity contribution < 1.29 is 146 Å². The Morgan fingerprint density at radius 1 is 0.364 bits per heavy atom. The molecule has 12 N–H and O–H groups in total. The number of hydrogen-bond acceptors (Lipinski definition) is 30. The Morgan fingerprint density at radius 2 is 0.591 bits per heavy atom. The number of rotatable bonds is 48. The number of aliphatic hydroxyl groups is 9. The van der Waals surface area contributed by atoms with E-state index in [1.807, 2.05) is 6.92 Å². The summed E-state index contributed by atoms with van der Waals surface area (Å²) in [6.07, 6.45) is -15.2. The van der Waals surface area contributed by atoms with Crippen molar-refractivity contribution in [2.24, 2.45) is 0 Å². The molecule has 1 aromatic rings. The summed E-state index contributed by atoms with van der Waals surface area (Å²) in [5.74, 6) is -0.230. The molecule has 0 saturated carbocycles. The zero-order valence-corrected chi connectivity index (χ0v) is 50.5. The third-order valence-electron chi connectivity index (χ3n) is 13.1. The van der Waals surface area contributed by atoms with Crippen LogP contribution in [0.15, 0.2) is 12.1 Å². The molecule has 3 aliphatic rings. The van der Waals surface area contributed by atoms with Crippen molar-refractivity contribution in [3.05, 3.63) is 17.7 Å². The highest BCUT2D eigenvalue weighted by Crippen LogP contribution is 2.39. The first-order chi connectivity index (χ1) is 42.5. The van der Waals surface area contributed by atoms with Crippen LogP contribution in [-0.4, -0.2) is 334 Å². The third kappa shape index (κ3) is 28.3. The number of benzene rings is 1. The van der Waals surface area contributed by atoms with Crippen LogP contribution in [0.5, 0.6) is 17.2 Å². The predicted molar refractivity (Wildman–Crippen MR) is 299 cm³/mol. The quantitative estimate of drug-likeness (QED) is 0.0270. The lowest BCUT2D eigenvalue weighted by molar-refractivity contribution is -0.272. The van der Waals surface area contributed by atoms with Crippen LogP contribution in [0.4, 0.5) is 0 Å². The van der Waals surface area contributed by atoms with E-state index in [1.54, 1.807) is 12.1 Å². The van der Waals surface area contributed by atoms with Gasteiger partial charge in [-0.05, 0) is 24.6 Å². The fourth-order valence-electron chi connectivity index (χ4n) is 8.82. The van der Waals surface area contributed by atoms with Gasteiger partial charge in [0, 0.05) is 20.8 Å². The number of amides is 3. The van der Waals surface area contributed by atoms with Crippen molar-refractivity contribution in [1.29, 1.82) is 0 Å². The van der Waals surface area contributed by atoms with Crippen molar-refractivity contribution in [3.63, 3.8) is 0 Å². The second kappa shape index (κ2) is 44.5. The van der Waals surface area contributed by atoms with Gasteiger partial charge in [-0.3, -0.25) is 14.4 Å². The summed E-state index contributed by atoms with van der Waals surface area (Å²) in [5.41, 5.74) is 0.829. The number of carbonyl (C=O) groups is 3. The lowest BCUT2D eigenvalue weighted by atomic mass is 9.97. The average molecular weight is 1280 g/mol. The molecule has 510 valence electrons. The standard InChI is InChI=1S/C55H95N3O30/c1-34-29-38(80-23-17-74-11-5-71-8-14-77-20-26-83-53-43(56-35(2)62)49(68)46(65)40(31-59)86-53)52(82-25-19-76-13-7-73-10-16-79-22-28-85-55-45(58-37(4)64)51(70)48(67)42(33-61)88-55)39(30-34)81-24-18-75-12-6-72-9-15-78-21-27-84-54-44(57-36(3)63)50(69)47(66)41(32-60)87-54/h29-30,40-51,53-55,59-61,65-70H,5-28,31-33H2,1-4H3,(H,56,62)(H,57,63)(H,58,64). The van der Waals surface area contributed by atoms with E-state index in [9.17, 15) is 60.3 Å². The average Bonchev–Trinajstić information content (AvgIpc) is 3.66. The molecule has 33 heteroatoms. The molecule has 3 fully saturated rings. The van der Waals surface area contributed by atoms with Crippen LogP contribution in [0.1, 0.15) is 26.3 Å². The molecular weight excluding hydrogens is 1180 g/mol. The van der Waals surface area contributed by atoms with Crippen LogP contribution in [0, 0.1) is 6.92 Å². The minimum atomic E-state index is -1.42. The van der Waals surface area contributed by atoms with E-state index in [2.05, 4.69) is 16.0 Å². The number of nitrogens with one attached hydrogen (secondary N) is 3. The summed E-state index contributed by atoms with van der Waals surface area (Å²) < 4.78 is 103. The molecule has 1 aromatic carbocycles. The predicted octanol–water partition coefficient (Wildman–Crippen LogP) is -5.84. The SMILES string of the molecule is CC(=O)NC1C(OCCOCCOCCOCCOc2cc(C)cc(OCCOCCOCCOCCOC3OC(CO)C(O)C(O)C3NC(C)=O)c2OCCOCCOCCOCCOC2OC(CO)C(O)C(O)C2NC(C)=O)OC(CO)C(O)C1O. The van der Waals surface area contributed by atoms with Crippen molar-refractivity contribution >= 4 is 17.7 Å². The molecule has 33 nitrogen and oxygen atoms in total. The summed E-state index contributed by atoms with van der Waals surface area (Å²) in [4.78, 5) is 34.9. The van der Waals surface area contributed by atoms with Crippen LogP contribution < -0.4 is 30.2 Å². The monoisotopic (exact) mass is 1280 g/mol. The topological polar surface area (TPSA) is 436 Å². The highest BCUT2D eigenvalue weighted by molar-refractivity contribution is 5.74. The Kier molecular flexibility index (Phi) is 38.7. The van der Waals surface area contributed by atoms with E-state index in [0.29, 0.717) is 17.2 Å². The van der Waals surface area contributed by atoms with Gasteiger partial charge >= 0.3 is 0 Å². The van der Waals surface area contributed by atoms with Gasteiger partial charge in [0.05, 0.1) is 159 Å². The molecule has 15 unspecified atom stereocenters. The molecule has 0 aliphatic carbocycles. The number of ether oxygens (including phenoxy) is 18. The molecule has 0 spiro atoms. The van der Waals surface area contributed by atoms with E-state index in [1.165, 1.54) is 20.8 Å². The first kappa shape index (κ1) is 76.5. The van der Waals surface area contributed by atoms with E-state index in [-0.39, 0.29) is 159 Å². The molecule has 3 amide bonds. The molecule has 15 atom stereocenters. The van der Waals surface area contributed by atoms with Crippen LogP contribution in [0.25, 0.3) is 0 Å². The second-order valence-corrected chi connectivity index (χ2v) is 20.1. The van der Waals surface area contributed by atoms with E-state index in [4.69, 9.17) is 85.3 Å². The Labute approximate surface area is 511 Å². The summed E-state index contributed by atoms with van der Waals surface area (Å²) in [6, 6.07) is 0.449. The molecule has 88 heavy (non-hydrogen) atoms. The van der Waals surface area contributed by atoms with Gasteiger partial charge in [-0.1, -0.05) is 0 Å². The maximum absolute atomic E-state index is 11.7. The Bertz CT molecular complexity index is 1940. The van der Waals surface area contributed by atoms with Gasteiger partial charge in [0.15, 0.2) is 30.4 Å². The van der Waals surface area contributed by atoms with Crippen LogP contribution >= 0.6 is 0 Å². The van der Waals surface area contributed by atoms with Gasteiger partial charge in [0.25, 0.3) is 0 Å². The van der Waals surface area contributed by atoms with Crippen LogP contribution in [-0.2, 0) is 85.4 Å². The zero-order valence-electron chi connectivity index (χ0n) is 50.5. The van der Waals surface area contributed by atoms with Gasteiger partial charge in [-0.2, -0.15) is 0 Å². The Morgan fingerprint density at radius 3 is 0.830 bits per heavy atom. The first-order valence-electron chi connectivity index (χ1n) is 29.3. The van der Waals surface area contributed by atoms with Crippen LogP contribution in [0.3, 0.4) is 0 Å².